The van der Waals surface area contributed by atoms with Gasteiger partial charge in [-0.25, -0.2) is 4.79 Å². The number of allylic oxidation sites excluding steroid dienone is 1. The Labute approximate surface area is 139 Å². The quantitative estimate of drug-likeness (QED) is 0.642. The summed E-state index contributed by atoms with van der Waals surface area (Å²) in [5, 5.41) is 0. The van der Waals surface area contributed by atoms with Gasteiger partial charge in [-0.3, -0.25) is 9.59 Å². The smallest absolute Gasteiger partial charge is 0.337 e. The van der Waals surface area contributed by atoms with Crippen molar-refractivity contribution in [3.05, 3.63) is 76.4 Å². The number of ketones is 2. The number of rotatable bonds is 4. The van der Waals surface area contributed by atoms with Crippen molar-refractivity contribution in [2.24, 2.45) is 0 Å². The molecule has 1 aliphatic carbocycles. The van der Waals surface area contributed by atoms with Crippen molar-refractivity contribution in [3.63, 3.8) is 0 Å². The van der Waals surface area contributed by atoms with E-state index >= 15 is 0 Å². The lowest BCUT2D eigenvalue weighted by molar-refractivity contribution is -0.120. The van der Waals surface area contributed by atoms with Crippen molar-refractivity contribution in [2.45, 2.75) is 12.8 Å². The second kappa shape index (κ2) is 6.62. The highest BCUT2D eigenvalue weighted by atomic mass is 16.5. The summed E-state index contributed by atoms with van der Waals surface area (Å²) in [6, 6.07) is 14.2. The Hall–Kier alpha value is -3.01. The van der Waals surface area contributed by atoms with Crippen LogP contribution in [0.15, 0.2) is 54.1 Å². The van der Waals surface area contributed by atoms with Gasteiger partial charge in [0.25, 0.3) is 0 Å². The molecule has 0 unspecified atom stereocenters. The van der Waals surface area contributed by atoms with Gasteiger partial charge >= 0.3 is 5.97 Å². The van der Waals surface area contributed by atoms with Crippen LogP contribution < -0.4 is 0 Å². The number of ether oxygens (including phenoxy) is 1. The first kappa shape index (κ1) is 15.9. The maximum Gasteiger partial charge on any atom is 0.337 e. The fourth-order valence-corrected chi connectivity index (χ4v) is 2.73. The summed E-state index contributed by atoms with van der Waals surface area (Å²) in [5.41, 5.74) is 3.28. The van der Waals surface area contributed by atoms with Crippen LogP contribution in [-0.4, -0.2) is 24.6 Å². The molecule has 0 spiro atoms. The van der Waals surface area contributed by atoms with E-state index in [1.165, 1.54) is 7.11 Å². The van der Waals surface area contributed by atoms with E-state index in [2.05, 4.69) is 4.74 Å². The third-order valence-electron chi connectivity index (χ3n) is 4.05. The highest BCUT2D eigenvalue weighted by Crippen LogP contribution is 2.23. The summed E-state index contributed by atoms with van der Waals surface area (Å²) >= 11 is 0. The van der Waals surface area contributed by atoms with Gasteiger partial charge in [-0.15, -0.1) is 0 Å². The zero-order valence-corrected chi connectivity index (χ0v) is 13.2. The first-order valence-electron chi connectivity index (χ1n) is 7.62. The molecule has 2 aromatic carbocycles. The monoisotopic (exact) mass is 320 g/mol. The molecular formula is C20H16O4. The predicted molar refractivity (Wildman–Crippen MR) is 89.6 cm³/mol. The molecule has 4 heteroatoms. The standard InChI is InChI=1S/C20H16O4/c1-24-20(23)14-8-6-13(7-9-14)10-18(21)17-11-15-4-2-3-5-16(15)12-19(17)22/h2-9,11H,10,12H2,1H3. The minimum atomic E-state index is -0.422. The molecule has 0 saturated carbocycles. The van der Waals surface area contributed by atoms with E-state index in [9.17, 15) is 14.4 Å². The third-order valence-corrected chi connectivity index (χ3v) is 4.05. The second-order valence-electron chi connectivity index (χ2n) is 5.65. The van der Waals surface area contributed by atoms with Crippen molar-refractivity contribution in [1.82, 2.24) is 0 Å². The molecule has 0 atom stereocenters. The molecular weight excluding hydrogens is 304 g/mol. The van der Waals surface area contributed by atoms with E-state index < -0.39 is 5.97 Å². The number of benzene rings is 2. The molecule has 0 amide bonds. The maximum absolute atomic E-state index is 12.5. The molecule has 0 aromatic heterocycles. The SMILES string of the molecule is COC(=O)c1ccc(CC(=O)C2=Cc3ccccc3CC2=O)cc1. The highest BCUT2D eigenvalue weighted by molar-refractivity contribution is 6.25. The number of methoxy groups -OCH3 is 1. The van der Waals surface area contributed by atoms with Crippen molar-refractivity contribution >= 4 is 23.6 Å². The van der Waals surface area contributed by atoms with Crippen LogP contribution in [0.1, 0.15) is 27.0 Å². The van der Waals surface area contributed by atoms with Gasteiger partial charge in [0, 0.05) is 12.8 Å². The second-order valence-corrected chi connectivity index (χ2v) is 5.65. The molecule has 0 radical (unpaired) electrons. The van der Waals surface area contributed by atoms with Crippen molar-refractivity contribution in [1.29, 1.82) is 0 Å². The molecule has 0 aliphatic heterocycles. The summed E-state index contributed by atoms with van der Waals surface area (Å²) in [6.07, 6.45) is 2.06. The predicted octanol–water partition coefficient (Wildman–Crippen LogP) is 2.79. The molecule has 0 fully saturated rings. The molecule has 0 saturated heterocycles. The summed E-state index contributed by atoms with van der Waals surface area (Å²) in [4.78, 5) is 36.1. The van der Waals surface area contributed by atoms with E-state index in [1.54, 1.807) is 30.3 Å². The van der Waals surface area contributed by atoms with E-state index in [4.69, 9.17) is 0 Å². The Morgan fingerprint density at radius 2 is 1.75 bits per heavy atom. The van der Waals surface area contributed by atoms with Gasteiger partial charge in [-0.2, -0.15) is 0 Å². The number of fused-ring (bicyclic) bond motifs is 1. The summed E-state index contributed by atoms with van der Waals surface area (Å²) < 4.78 is 4.64. The minimum absolute atomic E-state index is 0.126. The average Bonchev–Trinajstić information content (AvgIpc) is 2.61. The van der Waals surface area contributed by atoms with Gasteiger partial charge < -0.3 is 4.74 Å². The molecule has 3 rings (SSSR count). The van der Waals surface area contributed by atoms with Crippen LogP contribution in [0.3, 0.4) is 0 Å². The fourth-order valence-electron chi connectivity index (χ4n) is 2.73. The Morgan fingerprint density at radius 1 is 1.04 bits per heavy atom. The first-order chi connectivity index (χ1) is 11.6. The van der Waals surface area contributed by atoms with Crippen LogP contribution in [0.25, 0.3) is 6.08 Å². The summed E-state index contributed by atoms with van der Waals surface area (Å²) in [7, 11) is 1.32. The van der Waals surface area contributed by atoms with Crippen LogP contribution in [-0.2, 0) is 27.2 Å². The van der Waals surface area contributed by atoms with Crippen molar-refractivity contribution < 1.29 is 19.1 Å². The van der Waals surface area contributed by atoms with Gasteiger partial charge in [0.1, 0.15) is 0 Å². The van der Waals surface area contributed by atoms with Gasteiger partial charge in [0.2, 0.25) is 0 Å². The number of hydrogen-bond acceptors (Lipinski definition) is 4. The van der Waals surface area contributed by atoms with E-state index in [1.807, 2.05) is 24.3 Å². The zero-order chi connectivity index (χ0) is 17.1. The maximum atomic E-state index is 12.5. The topological polar surface area (TPSA) is 60.4 Å². The van der Waals surface area contributed by atoms with Crippen molar-refractivity contribution in [3.8, 4) is 0 Å². The normalized spacial score (nSPS) is 13.0. The highest BCUT2D eigenvalue weighted by Gasteiger charge is 2.23. The summed E-state index contributed by atoms with van der Waals surface area (Å²) in [6.45, 7) is 0. The van der Waals surface area contributed by atoms with Crippen LogP contribution >= 0.6 is 0 Å². The zero-order valence-electron chi connectivity index (χ0n) is 13.2. The van der Waals surface area contributed by atoms with Crippen LogP contribution in [0.2, 0.25) is 0 Å². The lowest BCUT2D eigenvalue weighted by atomic mass is 9.87. The van der Waals surface area contributed by atoms with E-state index in [-0.39, 0.29) is 30.0 Å². The van der Waals surface area contributed by atoms with E-state index in [0.717, 1.165) is 16.7 Å². The van der Waals surface area contributed by atoms with Gasteiger partial charge in [-0.1, -0.05) is 36.4 Å². The van der Waals surface area contributed by atoms with Gasteiger partial charge in [0.15, 0.2) is 11.6 Å². The lowest BCUT2D eigenvalue weighted by Gasteiger charge is -2.14. The summed E-state index contributed by atoms with van der Waals surface area (Å²) in [5.74, 6) is -0.778. The minimum Gasteiger partial charge on any atom is -0.465 e. The molecule has 2 aromatic rings. The van der Waals surface area contributed by atoms with Crippen LogP contribution in [0, 0.1) is 0 Å². The van der Waals surface area contributed by atoms with Crippen molar-refractivity contribution in [2.75, 3.05) is 7.11 Å². The molecule has 4 nitrogen and oxygen atoms in total. The number of carbonyl (C=O) groups excluding carboxylic acids is 3. The third kappa shape index (κ3) is 3.18. The van der Waals surface area contributed by atoms with Gasteiger partial charge in [0.05, 0.1) is 18.2 Å². The van der Waals surface area contributed by atoms with Crippen LogP contribution in [0.5, 0.6) is 0 Å². The Kier molecular flexibility index (Phi) is 4.38. The average molecular weight is 320 g/mol. The molecule has 120 valence electrons. The largest absolute Gasteiger partial charge is 0.465 e. The Bertz CT molecular complexity index is 844. The number of Topliss-reactive ketones (excluding diaryl/α,β-unsaturated/α-hetero) is 2. The Morgan fingerprint density at radius 3 is 2.46 bits per heavy atom. The molecule has 0 heterocycles. The lowest BCUT2D eigenvalue weighted by Crippen LogP contribution is -2.20. The number of esters is 1. The van der Waals surface area contributed by atoms with Gasteiger partial charge in [-0.05, 0) is 34.9 Å². The molecule has 1 aliphatic rings. The fraction of sp³-hybridized carbons (Fsp3) is 0.150. The first-order valence-corrected chi connectivity index (χ1v) is 7.62. The number of carbonyl (C=O) groups is 3. The molecule has 0 N–H and O–H groups in total. The van der Waals surface area contributed by atoms with Crippen LogP contribution in [0.4, 0.5) is 0 Å². The Balaban J connectivity index is 1.79. The van der Waals surface area contributed by atoms with E-state index in [0.29, 0.717) is 5.56 Å². The number of hydrogen-bond donors (Lipinski definition) is 0. The molecule has 0 bridgehead atoms. The molecule has 24 heavy (non-hydrogen) atoms.